The summed E-state index contributed by atoms with van der Waals surface area (Å²) >= 11 is 0. The zero-order valence-corrected chi connectivity index (χ0v) is 9.93. The SMILES string of the molecule is NC1CCCCCCCCCCC1.[Li+]. The Morgan fingerprint density at radius 2 is 0.857 bits per heavy atom. The summed E-state index contributed by atoms with van der Waals surface area (Å²) in [6.45, 7) is 0. The number of rotatable bonds is 0. The van der Waals surface area contributed by atoms with E-state index in [-0.39, 0.29) is 18.9 Å². The Kier molecular flexibility index (Phi) is 10.5. The maximum absolute atomic E-state index is 6.01. The quantitative estimate of drug-likeness (QED) is 0.557. The van der Waals surface area contributed by atoms with Gasteiger partial charge in [0.15, 0.2) is 0 Å². The zero-order valence-electron chi connectivity index (χ0n) is 9.93. The average Bonchev–Trinajstić information content (AvgIpc) is 2.11. The monoisotopic (exact) mass is 190 g/mol. The Hall–Kier alpha value is 0.557. The fourth-order valence-corrected chi connectivity index (χ4v) is 2.19. The minimum Gasteiger partial charge on any atom is -0.328 e. The van der Waals surface area contributed by atoms with Crippen LogP contribution in [0.3, 0.4) is 0 Å². The normalized spacial score (nSPS) is 22.9. The van der Waals surface area contributed by atoms with Crippen molar-refractivity contribution in [1.29, 1.82) is 0 Å². The van der Waals surface area contributed by atoms with Crippen LogP contribution in [0.5, 0.6) is 0 Å². The van der Waals surface area contributed by atoms with Gasteiger partial charge in [-0.15, -0.1) is 0 Å². The summed E-state index contributed by atoms with van der Waals surface area (Å²) < 4.78 is 0. The third-order valence-electron chi connectivity index (χ3n) is 3.15. The number of hydrogen-bond donors (Lipinski definition) is 1. The predicted molar refractivity (Wildman–Crippen MR) is 58.8 cm³/mol. The molecule has 0 aliphatic heterocycles. The summed E-state index contributed by atoms with van der Waals surface area (Å²) in [7, 11) is 0. The molecule has 1 saturated carbocycles. The van der Waals surface area contributed by atoms with Crippen molar-refractivity contribution in [3.8, 4) is 0 Å². The minimum absolute atomic E-state index is 0. The van der Waals surface area contributed by atoms with E-state index in [1.165, 1.54) is 70.6 Å². The first kappa shape index (κ1) is 14.6. The van der Waals surface area contributed by atoms with Gasteiger partial charge in [-0.25, -0.2) is 0 Å². The van der Waals surface area contributed by atoms with E-state index in [9.17, 15) is 0 Å². The molecule has 0 unspecified atom stereocenters. The Morgan fingerprint density at radius 3 is 1.21 bits per heavy atom. The third-order valence-corrected chi connectivity index (χ3v) is 3.15. The molecule has 1 nitrogen and oxygen atoms in total. The fourth-order valence-electron chi connectivity index (χ4n) is 2.19. The molecule has 1 aliphatic rings. The van der Waals surface area contributed by atoms with Crippen LogP contribution in [-0.4, -0.2) is 6.04 Å². The summed E-state index contributed by atoms with van der Waals surface area (Å²) in [5.41, 5.74) is 6.01. The van der Waals surface area contributed by atoms with E-state index in [4.69, 9.17) is 5.73 Å². The van der Waals surface area contributed by atoms with E-state index in [1.54, 1.807) is 0 Å². The van der Waals surface area contributed by atoms with Crippen LogP contribution in [0.25, 0.3) is 0 Å². The summed E-state index contributed by atoms with van der Waals surface area (Å²) in [6.07, 6.45) is 15.3. The fraction of sp³-hybridized carbons (Fsp3) is 1.00. The Labute approximate surface area is 101 Å². The molecule has 0 atom stereocenters. The van der Waals surface area contributed by atoms with Gasteiger partial charge >= 0.3 is 18.9 Å². The summed E-state index contributed by atoms with van der Waals surface area (Å²) in [5, 5.41) is 0. The molecule has 0 aromatic rings. The van der Waals surface area contributed by atoms with E-state index < -0.39 is 0 Å². The molecule has 0 radical (unpaired) electrons. The van der Waals surface area contributed by atoms with E-state index in [1.807, 2.05) is 0 Å². The minimum atomic E-state index is 0. The van der Waals surface area contributed by atoms with Crippen LogP contribution in [-0.2, 0) is 0 Å². The van der Waals surface area contributed by atoms with Crippen LogP contribution in [0.2, 0.25) is 0 Å². The molecular weight excluding hydrogens is 165 g/mol. The van der Waals surface area contributed by atoms with Crippen LogP contribution in [0, 0.1) is 0 Å². The van der Waals surface area contributed by atoms with Crippen molar-refractivity contribution < 1.29 is 18.9 Å². The van der Waals surface area contributed by atoms with Crippen LogP contribution in [0.15, 0.2) is 0 Å². The average molecular weight is 190 g/mol. The molecule has 0 spiro atoms. The molecule has 0 aromatic heterocycles. The van der Waals surface area contributed by atoms with E-state index in [2.05, 4.69) is 0 Å². The van der Waals surface area contributed by atoms with Crippen molar-refractivity contribution in [1.82, 2.24) is 0 Å². The van der Waals surface area contributed by atoms with Crippen molar-refractivity contribution >= 4 is 0 Å². The van der Waals surface area contributed by atoms with Gasteiger partial charge in [-0.2, -0.15) is 0 Å². The molecule has 1 aliphatic carbocycles. The first-order valence-electron chi connectivity index (χ1n) is 6.15. The maximum atomic E-state index is 6.01. The molecule has 1 rings (SSSR count). The second kappa shape index (κ2) is 10.1. The van der Waals surface area contributed by atoms with E-state index >= 15 is 0 Å². The molecule has 0 bridgehead atoms. The molecule has 2 heteroatoms. The molecule has 2 N–H and O–H groups in total. The van der Waals surface area contributed by atoms with E-state index in [0.717, 1.165) is 0 Å². The second-order valence-corrected chi connectivity index (χ2v) is 4.52. The van der Waals surface area contributed by atoms with E-state index in [0.29, 0.717) is 6.04 Å². The topological polar surface area (TPSA) is 26.0 Å². The molecular formula is C12H25LiN+. The van der Waals surface area contributed by atoms with Gasteiger partial charge in [-0.3, -0.25) is 0 Å². The zero-order chi connectivity index (χ0) is 9.36. The van der Waals surface area contributed by atoms with Crippen molar-refractivity contribution in [2.24, 2.45) is 5.73 Å². The largest absolute Gasteiger partial charge is 1.00 e. The Balaban J connectivity index is 0.00000169. The van der Waals surface area contributed by atoms with Crippen molar-refractivity contribution in [3.63, 3.8) is 0 Å². The van der Waals surface area contributed by atoms with Crippen LogP contribution >= 0.6 is 0 Å². The molecule has 14 heavy (non-hydrogen) atoms. The molecule has 0 aromatic carbocycles. The van der Waals surface area contributed by atoms with Gasteiger partial charge in [-0.05, 0) is 12.8 Å². The first-order chi connectivity index (χ1) is 6.39. The summed E-state index contributed by atoms with van der Waals surface area (Å²) in [6, 6.07) is 0.499. The third kappa shape index (κ3) is 7.92. The number of nitrogens with two attached hydrogens (primary N) is 1. The van der Waals surface area contributed by atoms with Crippen LogP contribution in [0.1, 0.15) is 70.6 Å². The van der Waals surface area contributed by atoms with Gasteiger partial charge in [0, 0.05) is 6.04 Å². The Bertz CT molecular complexity index is 105. The van der Waals surface area contributed by atoms with Gasteiger partial charge in [0.1, 0.15) is 0 Å². The second-order valence-electron chi connectivity index (χ2n) is 4.52. The summed E-state index contributed by atoms with van der Waals surface area (Å²) in [5.74, 6) is 0. The maximum Gasteiger partial charge on any atom is 1.00 e. The first-order valence-corrected chi connectivity index (χ1v) is 6.15. The summed E-state index contributed by atoms with van der Waals surface area (Å²) in [4.78, 5) is 0. The molecule has 0 amide bonds. The molecule has 0 saturated heterocycles. The van der Waals surface area contributed by atoms with Crippen molar-refractivity contribution in [3.05, 3.63) is 0 Å². The predicted octanol–water partition coefficient (Wildman–Crippen LogP) is 0.622. The number of hydrogen-bond acceptors (Lipinski definition) is 1. The van der Waals surface area contributed by atoms with Gasteiger partial charge < -0.3 is 5.73 Å². The molecule has 0 heterocycles. The van der Waals surface area contributed by atoms with Crippen LogP contribution < -0.4 is 24.6 Å². The van der Waals surface area contributed by atoms with Gasteiger partial charge in [0.05, 0.1) is 0 Å². The Morgan fingerprint density at radius 1 is 0.571 bits per heavy atom. The van der Waals surface area contributed by atoms with Gasteiger partial charge in [0.2, 0.25) is 0 Å². The van der Waals surface area contributed by atoms with Crippen LogP contribution in [0.4, 0.5) is 0 Å². The van der Waals surface area contributed by atoms with Gasteiger partial charge in [0.25, 0.3) is 0 Å². The van der Waals surface area contributed by atoms with Crippen molar-refractivity contribution in [2.75, 3.05) is 0 Å². The molecule has 1 fully saturated rings. The standard InChI is InChI=1S/C12H25N.Li/c13-12-10-8-6-4-2-1-3-5-7-9-11-12;/h12H,1-11,13H2;/q;+1. The smallest absolute Gasteiger partial charge is 0.328 e. The molecule has 78 valence electrons. The van der Waals surface area contributed by atoms with Gasteiger partial charge in [-0.1, -0.05) is 57.8 Å². The van der Waals surface area contributed by atoms with Crippen molar-refractivity contribution in [2.45, 2.75) is 76.7 Å².